The summed E-state index contributed by atoms with van der Waals surface area (Å²) in [7, 11) is 0. The Morgan fingerprint density at radius 3 is 3.06 bits per heavy atom. The molecule has 1 aromatic heterocycles. The number of aromatic nitrogens is 3. The molecular weight excluding hydrogens is 254 g/mol. The average Bonchev–Trinajstić information content (AvgIpc) is 2.97. The highest BCUT2D eigenvalue weighted by Gasteiger charge is 2.20. The van der Waals surface area contributed by atoms with Gasteiger partial charge in [-0.2, -0.15) is 0 Å². The first kappa shape index (κ1) is 13.4. The summed E-state index contributed by atoms with van der Waals surface area (Å²) in [6.45, 7) is 3.55. The fourth-order valence-electron chi connectivity index (χ4n) is 1.99. The molecule has 1 fully saturated rings. The molecule has 0 amide bonds. The van der Waals surface area contributed by atoms with Gasteiger partial charge in [0, 0.05) is 13.0 Å². The van der Waals surface area contributed by atoms with E-state index in [0.29, 0.717) is 5.16 Å². The van der Waals surface area contributed by atoms with Gasteiger partial charge in [0.2, 0.25) is 0 Å². The summed E-state index contributed by atoms with van der Waals surface area (Å²) < 4.78 is 7.59. The topological polar surface area (TPSA) is 77.2 Å². The first-order chi connectivity index (χ1) is 8.70. The van der Waals surface area contributed by atoms with Crippen LogP contribution in [0, 0.1) is 0 Å². The number of aryl methyl sites for hydroxylation is 1. The quantitative estimate of drug-likeness (QED) is 0.783. The van der Waals surface area contributed by atoms with Gasteiger partial charge in [-0.25, -0.2) is 0 Å². The van der Waals surface area contributed by atoms with Crippen LogP contribution in [0.15, 0.2) is 5.16 Å². The van der Waals surface area contributed by atoms with Gasteiger partial charge in [-0.15, -0.1) is 10.2 Å². The summed E-state index contributed by atoms with van der Waals surface area (Å²) in [4.78, 5) is 10.6. The van der Waals surface area contributed by atoms with Crippen molar-refractivity contribution in [2.24, 2.45) is 0 Å². The summed E-state index contributed by atoms with van der Waals surface area (Å²) >= 11 is 1.21. The normalized spacial score (nSPS) is 19.3. The number of nitrogens with zero attached hydrogens (tertiary/aromatic N) is 3. The van der Waals surface area contributed by atoms with Crippen molar-refractivity contribution in [3.8, 4) is 0 Å². The van der Waals surface area contributed by atoms with Crippen molar-refractivity contribution >= 4 is 17.7 Å². The van der Waals surface area contributed by atoms with E-state index in [1.807, 2.05) is 11.5 Å². The first-order valence-corrected chi connectivity index (χ1v) is 7.07. The third-order valence-corrected chi connectivity index (χ3v) is 3.80. The highest BCUT2D eigenvalue weighted by atomic mass is 32.2. The molecule has 2 heterocycles. The maximum Gasteiger partial charge on any atom is 0.313 e. The number of ether oxygens (including phenoxy) is 1. The molecule has 1 aliphatic rings. The van der Waals surface area contributed by atoms with Gasteiger partial charge < -0.3 is 14.4 Å². The van der Waals surface area contributed by atoms with Crippen LogP contribution in [-0.4, -0.2) is 44.3 Å². The van der Waals surface area contributed by atoms with Crippen LogP contribution in [0.5, 0.6) is 0 Å². The Morgan fingerprint density at radius 2 is 2.44 bits per heavy atom. The molecule has 1 atom stereocenters. The zero-order valence-electron chi connectivity index (χ0n) is 10.3. The van der Waals surface area contributed by atoms with Gasteiger partial charge in [0.1, 0.15) is 5.82 Å². The van der Waals surface area contributed by atoms with Crippen LogP contribution in [0.4, 0.5) is 0 Å². The van der Waals surface area contributed by atoms with E-state index in [9.17, 15) is 4.79 Å². The Hall–Kier alpha value is -1.08. The molecule has 1 unspecified atom stereocenters. The van der Waals surface area contributed by atoms with Gasteiger partial charge in [-0.05, 0) is 12.8 Å². The van der Waals surface area contributed by atoms with E-state index in [2.05, 4.69) is 10.2 Å². The Morgan fingerprint density at radius 1 is 1.61 bits per heavy atom. The van der Waals surface area contributed by atoms with Crippen LogP contribution in [0.2, 0.25) is 0 Å². The molecule has 2 rings (SSSR count). The van der Waals surface area contributed by atoms with Crippen molar-refractivity contribution in [2.75, 3.05) is 12.4 Å². The molecule has 0 aromatic carbocycles. The minimum Gasteiger partial charge on any atom is -0.481 e. The first-order valence-electron chi connectivity index (χ1n) is 6.09. The molecule has 1 aromatic rings. The Labute approximate surface area is 110 Å². The number of carbonyl (C=O) groups is 1. The maximum atomic E-state index is 10.6. The van der Waals surface area contributed by atoms with Crippen molar-refractivity contribution in [3.05, 3.63) is 5.82 Å². The van der Waals surface area contributed by atoms with Crippen LogP contribution in [-0.2, 0) is 22.5 Å². The molecule has 100 valence electrons. The smallest absolute Gasteiger partial charge is 0.313 e. The Balaban J connectivity index is 2.08. The standard InChI is InChI=1S/C11H17N3O3S/c1-2-9-12-13-11(18-7-10(15)16)14(9)6-8-4-3-5-17-8/h8H,2-7H2,1H3,(H,15,16). The van der Waals surface area contributed by atoms with E-state index >= 15 is 0 Å². The highest BCUT2D eigenvalue weighted by molar-refractivity contribution is 7.99. The molecule has 1 saturated heterocycles. The second-order valence-corrected chi connectivity index (χ2v) is 5.12. The van der Waals surface area contributed by atoms with Crippen LogP contribution in [0.3, 0.4) is 0 Å². The third kappa shape index (κ3) is 3.23. The van der Waals surface area contributed by atoms with Crippen molar-refractivity contribution < 1.29 is 14.6 Å². The molecule has 7 heteroatoms. The number of rotatable bonds is 6. The summed E-state index contributed by atoms with van der Waals surface area (Å²) in [5.74, 6) is 0.0519. The fraction of sp³-hybridized carbons (Fsp3) is 0.727. The lowest BCUT2D eigenvalue weighted by Gasteiger charge is -2.13. The number of carboxylic acids is 1. The van der Waals surface area contributed by atoms with E-state index < -0.39 is 5.97 Å². The minimum atomic E-state index is -0.843. The van der Waals surface area contributed by atoms with Crippen molar-refractivity contribution in [1.82, 2.24) is 14.8 Å². The van der Waals surface area contributed by atoms with Crippen molar-refractivity contribution in [1.29, 1.82) is 0 Å². The Bertz CT molecular complexity index is 416. The molecule has 0 aliphatic carbocycles. The summed E-state index contributed by atoms with van der Waals surface area (Å²) in [5, 5.41) is 17.5. The summed E-state index contributed by atoms with van der Waals surface area (Å²) in [6.07, 6.45) is 3.12. The Kier molecular flexibility index (Phi) is 4.60. The molecule has 1 aliphatic heterocycles. The monoisotopic (exact) mass is 271 g/mol. The van der Waals surface area contributed by atoms with E-state index in [-0.39, 0.29) is 11.9 Å². The molecule has 6 nitrogen and oxygen atoms in total. The van der Waals surface area contributed by atoms with Crippen molar-refractivity contribution in [3.63, 3.8) is 0 Å². The molecule has 0 saturated carbocycles. The van der Waals surface area contributed by atoms with Gasteiger partial charge >= 0.3 is 5.97 Å². The van der Waals surface area contributed by atoms with E-state index in [0.717, 1.165) is 38.2 Å². The van der Waals surface area contributed by atoms with Gasteiger partial charge in [-0.3, -0.25) is 4.79 Å². The van der Waals surface area contributed by atoms with E-state index in [1.54, 1.807) is 0 Å². The van der Waals surface area contributed by atoms with Gasteiger partial charge in [0.15, 0.2) is 5.16 Å². The van der Waals surface area contributed by atoms with Crippen LogP contribution in [0.1, 0.15) is 25.6 Å². The van der Waals surface area contributed by atoms with Gasteiger partial charge in [0.25, 0.3) is 0 Å². The summed E-state index contributed by atoms with van der Waals surface area (Å²) in [6, 6.07) is 0. The zero-order valence-corrected chi connectivity index (χ0v) is 11.2. The summed E-state index contributed by atoms with van der Waals surface area (Å²) in [5.41, 5.74) is 0. The highest BCUT2D eigenvalue weighted by Crippen LogP contribution is 2.21. The van der Waals surface area contributed by atoms with Gasteiger partial charge in [0.05, 0.1) is 18.4 Å². The predicted molar refractivity (Wildman–Crippen MR) is 66.7 cm³/mol. The number of carboxylic acid groups (broad SMARTS) is 1. The lowest BCUT2D eigenvalue weighted by Crippen LogP contribution is -2.18. The molecule has 0 spiro atoms. The number of hydrogen-bond acceptors (Lipinski definition) is 5. The molecule has 0 bridgehead atoms. The lowest BCUT2D eigenvalue weighted by molar-refractivity contribution is -0.133. The van der Waals surface area contributed by atoms with Crippen LogP contribution < -0.4 is 0 Å². The number of hydrogen-bond donors (Lipinski definition) is 1. The van der Waals surface area contributed by atoms with Gasteiger partial charge in [-0.1, -0.05) is 18.7 Å². The van der Waals surface area contributed by atoms with E-state index in [4.69, 9.17) is 9.84 Å². The molecular formula is C11H17N3O3S. The second-order valence-electron chi connectivity index (χ2n) is 4.18. The fourth-order valence-corrected chi connectivity index (χ4v) is 2.68. The predicted octanol–water partition coefficient (Wildman–Crippen LogP) is 1.20. The number of aliphatic carboxylic acids is 1. The number of thioether (sulfide) groups is 1. The van der Waals surface area contributed by atoms with Crippen LogP contribution in [0.25, 0.3) is 0 Å². The molecule has 0 radical (unpaired) electrons. The molecule has 18 heavy (non-hydrogen) atoms. The SMILES string of the molecule is CCc1nnc(SCC(=O)O)n1CC1CCCO1. The third-order valence-electron chi connectivity index (χ3n) is 2.84. The maximum absolute atomic E-state index is 10.6. The second kappa shape index (κ2) is 6.19. The van der Waals surface area contributed by atoms with Crippen molar-refractivity contribution in [2.45, 2.75) is 44.0 Å². The molecule has 1 N–H and O–H groups in total. The lowest BCUT2D eigenvalue weighted by atomic mass is 10.2. The average molecular weight is 271 g/mol. The minimum absolute atomic E-state index is 0.00731. The largest absolute Gasteiger partial charge is 0.481 e. The zero-order chi connectivity index (χ0) is 13.0. The van der Waals surface area contributed by atoms with E-state index in [1.165, 1.54) is 11.8 Å². The van der Waals surface area contributed by atoms with Crippen LogP contribution >= 0.6 is 11.8 Å².